The smallest absolute Gasteiger partial charge is 0.163 e. The lowest BCUT2D eigenvalue weighted by atomic mass is 9.99. The summed E-state index contributed by atoms with van der Waals surface area (Å²) >= 11 is 0. The molecule has 1 aliphatic carbocycles. The third kappa shape index (κ3) is 1.69. The van der Waals surface area contributed by atoms with Crippen molar-refractivity contribution in [3.63, 3.8) is 0 Å². The van der Waals surface area contributed by atoms with Crippen LogP contribution in [0.1, 0.15) is 31.9 Å². The Kier molecular flexibility index (Phi) is 2.88. The van der Waals surface area contributed by atoms with E-state index in [0.29, 0.717) is 37.3 Å². The van der Waals surface area contributed by atoms with Gasteiger partial charge in [0.1, 0.15) is 5.69 Å². The number of alkyl halides is 1. The van der Waals surface area contributed by atoms with Crippen LogP contribution in [0.2, 0.25) is 0 Å². The van der Waals surface area contributed by atoms with Crippen LogP contribution >= 0.6 is 0 Å². The van der Waals surface area contributed by atoms with Crippen molar-refractivity contribution in [2.45, 2.75) is 44.4 Å². The number of aryl methyl sites for hydroxylation is 1. The van der Waals surface area contributed by atoms with Gasteiger partial charge in [-0.05, 0) is 19.8 Å². The maximum absolute atomic E-state index is 14.8. The first kappa shape index (κ1) is 11.4. The highest BCUT2D eigenvalue weighted by Crippen LogP contribution is 2.45. The molecule has 16 heavy (non-hydrogen) atoms. The topological polar surface area (TPSA) is 53.1 Å². The molecule has 90 valence electrons. The lowest BCUT2D eigenvalue weighted by Crippen LogP contribution is -2.25. The van der Waals surface area contributed by atoms with Crippen LogP contribution in [0.15, 0.2) is 6.20 Å². The van der Waals surface area contributed by atoms with Crippen molar-refractivity contribution in [2.75, 3.05) is 7.11 Å². The summed E-state index contributed by atoms with van der Waals surface area (Å²) in [7, 11) is 1.54. The Labute approximate surface area is 94.6 Å². The summed E-state index contributed by atoms with van der Waals surface area (Å²) in [5, 5.41) is 4.13. The zero-order valence-corrected chi connectivity index (χ0v) is 9.74. The number of nitrogens with two attached hydrogens (primary N) is 1. The van der Waals surface area contributed by atoms with Crippen molar-refractivity contribution in [1.29, 1.82) is 0 Å². The zero-order valence-electron chi connectivity index (χ0n) is 9.74. The second kappa shape index (κ2) is 4.05. The molecule has 2 unspecified atom stereocenters. The molecule has 0 bridgehead atoms. The Hall–Kier alpha value is -1.10. The standard InChI is InChI=1S/C11H18FN3O/c1-3-15-10(9(16-2)7-14-15)11(12)5-4-8(13)6-11/h7-8H,3-6,13H2,1-2H3. The lowest BCUT2D eigenvalue weighted by Gasteiger charge is -2.21. The molecule has 0 spiro atoms. The molecule has 5 heteroatoms. The number of hydrogen-bond donors (Lipinski definition) is 1. The van der Waals surface area contributed by atoms with Gasteiger partial charge in [-0.3, -0.25) is 4.68 Å². The van der Waals surface area contributed by atoms with Gasteiger partial charge in [-0.2, -0.15) is 5.10 Å². The molecule has 1 aromatic rings. The van der Waals surface area contributed by atoms with Gasteiger partial charge in [-0.25, -0.2) is 4.39 Å². The average molecular weight is 227 g/mol. The quantitative estimate of drug-likeness (QED) is 0.853. The number of nitrogens with zero attached hydrogens (tertiary/aromatic N) is 2. The van der Waals surface area contributed by atoms with Crippen molar-refractivity contribution in [1.82, 2.24) is 9.78 Å². The Balaban J connectivity index is 2.41. The first-order chi connectivity index (χ1) is 7.60. The molecule has 2 atom stereocenters. The molecule has 0 radical (unpaired) electrons. The third-order valence-corrected chi connectivity index (χ3v) is 3.25. The fourth-order valence-electron chi connectivity index (χ4n) is 2.46. The van der Waals surface area contributed by atoms with Gasteiger partial charge >= 0.3 is 0 Å². The van der Waals surface area contributed by atoms with E-state index in [-0.39, 0.29) is 6.04 Å². The molecular weight excluding hydrogens is 209 g/mol. The SMILES string of the molecule is CCn1ncc(OC)c1C1(F)CCC(N)C1. The lowest BCUT2D eigenvalue weighted by molar-refractivity contribution is 0.152. The van der Waals surface area contributed by atoms with E-state index < -0.39 is 5.67 Å². The minimum absolute atomic E-state index is 0.0603. The van der Waals surface area contributed by atoms with Gasteiger partial charge in [0.25, 0.3) is 0 Å². The molecule has 1 aromatic heterocycles. The molecule has 4 nitrogen and oxygen atoms in total. The molecular formula is C11H18FN3O. The van der Waals surface area contributed by atoms with E-state index in [0.717, 1.165) is 0 Å². The second-order valence-electron chi connectivity index (χ2n) is 4.35. The predicted octanol–water partition coefficient (Wildman–Crippen LogP) is 1.59. The highest BCUT2D eigenvalue weighted by atomic mass is 19.1. The van der Waals surface area contributed by atoms with Crippen molar-refractivity contribution in [2.24, 2.45) is 5.73 Å². The number of rotatable bonds is 3. The summed E-state index contributed by atoms with van der Waals surface area (Å²) in [6.07, 6.45) is 3.10. The number of aromatic nitrogens is 2. The molecule has 1 saturated carbocycles. The first-order valence-corrected chi connectivity index (χ1v) is 5.65. The first-order valence-electron chi connectivity index (χ1n) is 5.65. The van der Waals surface area contributed by atoms with E-state index in [1.165, 1.54) is 0 Å². The maximum atomic E-state index is 14.8. The molecule has 2 N–H and O–H groups in total. The number of ether oxygens (including phenoxy) is 1. The van der Waals surface area contributed by atoms with Crippen molar-refractivity contribution >= 4 is 0 Å². The van der Waals surface area contributed by atoms with E-state index in [4.69, 9.17) is 10.5 Å². The largest absolute Gasteiger partial charge is 0.493 e. The Morgan fingerprint density at radius 3 is 3.00 bits per heavy atom. The fourth-order valence-corrected chi connectivity index (χ4v) is 2.46. The zero-order chi connectivity index (χ0) is 11.8. The van der Waals surface area contributed by atoms with E-state index in [9.17, 15) is 4.39 Å². The van der Waals surface area contributed by atoms with E-state index in [1.807, 2.05) is 6.92 Å². The van der Waals surface area contributed by atoms with Crippen molar-refractivity contribution in [3.8, 4) is 5.75 Å². The number of methoxy groups -OCH3 is 1. The Bertz CT molecular complexity index is 358. The second-order valence-corrected chi connectivity index (χ2v) is 4.35. The molecule has 0 aromatic carbocycles. The van der Waals surface area contributed by atoms with Crippen LogP contribution in [0.3, 0.4) is 0 Å². The van der Waals surface area contributed by atoms with Gasteiger partial charge in [0.2, 0.25) is 0 Å². The van der Waals surface area contributed by atoms with Crippen LogP contribution in [0.25, 0.3) is 0 Å². The minimum atomic E-state index is -1.38. The van der Waals surface area contributed by atoms with Crippen LogP contribution in [0.5, 0.6) is 5.75 Å². The monoisotopic (exact) mass is 227 g/mol. The summed E-state index contributed by atoms with van der Waals surface area (Å²) in [5.41, 5.74) is 4.96. The molecule has 1 heterocycles. The molecule has 0 amide bonds. The normalized spacial score (nSPS) is 29.6. The Morgan fingerprint density at radius 2 is 2.50 bits per heavy atom. The van der Waals surface area contributed by atoms with E-state index in [2.05, 4.69) is 5.10 Å². The summed E-state index contributed by atoms with van der Waals surface area (Å²) in [6.45, 7) is 2.58. The highest BCUT2D eigenvalue weighted by Gasteiger charge is 2.44. The molecule has 2 rings (SSSR count). The van der Waals surface area contributed by atoms with Crippen molar-refractivity contribution in [3.05, 3.63) is 11.9 Å². The van der Waals surface area contributed by atoms with Crippen LogP contribution in [0, 0.1) is 0 Å². The summed E-state index contributed by atoms with van der Waals surface area (Å²) in [5.74, 6) is 0.526. The maximum Gasteiger partial charge on any atom is 0.163 e. The number of halogens is 1. The van der Waals surface area contributed by atoms with Gasteiger partial charge in [-0.15, -0.1) is 0 Å². The average Bonchev–Trinajstić information content (AvgIpc) is 2.82. The fraction of sp³-hybridized carbons (Fsp3) is 0.727. The van der Waals surface area contributed by atoms with Gasteiger partial charge in [0, 0.05) is 19.0 Å². The van der Waals surface area contributed by atoms with Crippen LogP contribution in [-0.2, 0) is 12.2 Å². The third-order valence-electron chi connectivity index (χ3n) is 3.25. The van der Waals surface area contributed by atoms with E-state index >= 15 is 0 Å². The van der Waals surface area contributed by atoms with Crippen molar-refractivity contribution < 1.29 is 9.13 Å². The summed E-state index contributed by atoms with van der Waals surface area (Å²) in [6, 6.07) is -0.0603. The van der Waals surface area contributed by atoms with Gasteiger partial charge < -0.3 is 10.5 Å². The summed E-state index contributed by atoms with van der Waals surface area (Å²) in [4.78, 5) is 0. The molecule has 1 aliphatic rings. The number of hydrogen-bond acceptors (Lipinski definition) is 3. The summed E-state index contributed by atoms with van der Waals surface area (Å²) < 4.78 is 21.6. The minimum Gasteiger partial charge on any atom is -0.493 e. The van der Waals surface area contributed by atoms with Crippen LogP contribution in [0.4, 0.5) is 4.39 Å². The highest BCUT2D eigenvalue weighted by molar-refractivity contribution is 5.32. The van der Waals surface area contributed by atoms with Gasteiger partial charge in [-0.1, -0.05) is 0 Å². The Morgan fingerprint density at radius 1 is 1.75 bits per heavy atom. The molecule has 0 saturated heterocycles. The van der Waals surface area contributed by atoms with Crippen LogP contribution < -0.4 is 10.5 Å². The predicted molar refractivity (Wildman–Crippen MR) is 59.1 cm³/mol. The molecule has 1 fully saturated rings. The van der Waals surface area contributed by atoms with Crippen LogP contribution in [-0.4, -0.2) is 22.9 Å². The van der Waals surface area contributed by atoms with Gasteiger partial charge in [0.05, 0.1) is 13.3 Å². The van der Waals surface area contributed by atoms with Gasteiger partial charge in [0.15, 0.2) is 11.4 Å². The van der Waals surface area contributed by atoms with E-state index in [1.54, 1.807) is 18.0 Å². The molecule has 0 aliphatic heterocycles.